The van der Waals surface area contributed by atoms with Gasteiger partial charge in [0.15, 0.2) is 11.5 Å². The molecule has 6 heteroatoms. The molecule has 0 bridgehead atoms. The summed E-state index contributed by atoms with van der Waals surface area (Å²) in [6, 6.07) is 3.96. The van der Waals surface area contributed by atoms with Crippen LogP contribution >= 0.6 is 0 Å². The number of benzene rings is 1. The Bertz CT molecular complexity index is 810. The van der Waals surface area contributed by atoms with Crippen LogP contribution in [0, 0.1) is 20.8 Å². The Morgan fingerprint density at radius 3 is 2.12 bits per heavy atom. The Kier molecular flexibility index (Phi) is 4.61. The fourth-order valence-corrected chi connectivity index (χ4v) is 3.41. The van der Waals surface area contributed by atoms with E-state index in [1.165, 1.54) is 5.56 Å². The number of fused-ring (bicyclic) bond motifs is 1. The number of amides is 1. The summed E-state index contributed by atoms with van der Waals surface area (Å²) in [5.74, 6) is 2.07. The van der Waals surface area contributed by atoms with Crippen LogP contribution in [0.15, 0.2) is 12.1 Å². The molecule has 0 unspecified atom stereocenters. The van der Waals surface area contributed by atoms with Crippen LogP contribution in [0.2, 0.25) is 0 Å². The normalized spacial score (nSPS) is 13.4. The van der Waals surface area contributed by atoms with Crippen LogP contribution in [0.25, 0.3) is 0 Å². The molecule has 0 saturated carbocycles. The molecule has 0 fully saturated rings. The number of nitrogens with zero attached hydrogens (tertiary/aromatic N) is 3. The first-order valence-electron chi connectivity index (χ1n) is 8.29. The monoisotopic (exact) mass is 341 g/mol. The number of hydrogen-bond donors (Lipinski definition) is 0. The highest BCUT2D eigenvalue weighted by atomic mass is 16.5. The van der Waals surface area contributed by atoms with Gasteiger partial charge in [0.25, 0.3) is 5.91 Å². The Morgan fingerprint density at radius 2 is 1.56 bits per heavy atom. The molecule has 6 nitrogen and oxygen atoms in total. The zero-order valence-corrected chi connectivity index (χ0v) is 15.3. The molecule has 0 radical (unpaired) electrons. The number of rotatable bonds is 3. The van der Waals surface area contributed by atoms with Gasteiger partial charge in [-0.25, -0.2) is 9.97 Å². The second kappa shape index (κ2) is 6.70. The van der Waals surface area contributed by atoms with E-state index in [0.29, 0.717) is 30.2 Å². The van der Waals surface area contributed by atoms with Crippen LogP contribution in [-0.4, -0.2) is 41.5 Å². The maximum Gasteiger partial charge on any atom is 0.257 e. The number of carbonyl (C=O) groups excluding carboxylic acids is 1. The lowest BCUT2D eigenvalue weighted by Crippen LogP contribution is -2.37. The van der Waals surface area contributed by atoms with Crippen molar-refractivity contribution in [1.82, 2.24) is 14.9 Å². The van der Waals surface area contributed by atoms with Gasteiger partial charge < -0.3 is 14.4 Å². The fraction of sp³-hybridized carbons (Fsp3) is 0.421. The number of aryl methyl sites for hydroxylation is 3. The first-order valence-corrected chi connectivity index (χ1v) is 8.29. The van der Waals surface area contributed by atoms with Crippen molar-refractivity contribution in [2.75, 3.05) is 20.8 Å². The van der Waals surface area contributed by atoms with E-state index in [4.69, 9.17) is 9.47 Å². The number of aromatic nitrogens is 2. The molecule has 0 atom stereocenters. The van der Waals surface area contributed by atoms with Crippen LogP contribution in [0.5, 0.6) is 11.5 Å². The van der Waals surface area contributed by atoms with Gasteiger partial charge in [0.2, 0.25) is 0 Å². The summed E-state index contributed by atoms with van der Waals surface area (Å²) in [7, 11) is 3.25. The van der Waals surface area contributed by atoms with Crippen molar-refractivity contribution in [2.24, 2.45) is 0 Å². The lowest BCUT2D eigenvalue weighted by molar-refractivity contribution is 0.0731. The van der Waals surface area contributed by atoms with Crippen molar-refractivity contribution in [1.29, 1.82) is 0 Å². The van der Waals surface area contributed by atoms with Gasteiger partial charge in [-0.15, -0.1) is 0 Å². The van der Waals surface area contributed by atoms with Crippen LogP contribution in [0.1, 0.15) is 38.7 Å². The Morgan fingerprint density at radius 1 is 1.00 bits per heavy atom. The van der Waals surface area contributed by atoms with Gasteiger partial charge in [-0.2, -0.15) is 0 Å². The van der Waals surface area contributed by atoms with Crippen LogP contribution in [-0.2, 0) is 13.0 Å². The largest absolute Gasteiger partial charge is 0.493 e. The second-order valence-electron chi connectivity index (χ2n) is 6.27. The van der Waals surface area contributed by atoms with Crippen molar-refractivity contribution < 1.29 is 14.3 Å². The lowest BCUT2D eigenvalue weighted by atomic mass is 9.98. The zero-order chi connectivity index (χ0) is 18.1. The minimum Gasteiger partial charge on any atom is -0.493 e. The van der Waals surface area contributed by atoms with E-state index in [0.717, 1.165) is 29.1 Å². The smallest absolute Gasteiger partial charge is 0.257 e. The van der Waals surface area contributed by atoms with Gasteiger partial charge in [-0.3, -0.25) is 4.79 Å². The van der Waals surface area contributed by atoms with E-state index in [1.807, 2.05) is 37.8 Å². The predicted molar refractivity (Wildman–Crippen MR) is 94.2 cm³/mol. The molecule has 0 N–H and O–H groups in total. The van der Waals surface area contributed by atoms with Crippen LogP contribution in [0.3, 0.4) is 0 Å². The molecule has 1 aromatic carbocycles. The highest BCUT2D eigenvalue weighted by Gasteiger charge is 2.26. The Hall–Kier alpha value is -2.63. The van der Waals surface area contributed by atoms with E-state index < -0.39 is 0 Å². The Labute approximate surface area is 147 Å². The number of hydrogen-bond acceptors (Lipinski definition) is 5. The fourth-order valence-electron chi connectivity index (χ4n) is 3.41. The summed E-state index contributed by atoms with van der Waals surface area (Å²) in [4.78, 5) is 23.6. The molecule has 1 amide bonds. The molecular formula is C19H23N3O3. The molecule has 1 aliphatic rings. The van der Waals surface area contributed by atoms with Crippen molar-refractivity contribution in [3.8, 4) is 11.5 Å². The topological polar surface area (TPSA) is 64.6 Å². The summed E-state index contributed by atoms with van der Waals surface area (Å²) in [6.45, 7) is 6.77. The van der Waals surface area contributed by atoms with Crippen molar-refractivity contribution in [3.05, 3.63) is 46.0 Å². The maximum atomic E-state index is 13.0. The zero-order valence-electron chi connectivity index (χ0n) is 15.3. The molecule has 1 aliphatic heterocycles. The molecule has 132 valence electrons. The summed E-state index contributed by atoms with van der Waals surface area (Å²) in [5.41, 5.74) is 4.34. The highest BCUT2D eigenvalue weighted by Crippen LogP contribution is 2.33. The third-order valence-electron chi connectivity index (χ3n) is 4.60. The SMILES string of the molecule is COc1cc2c(cc1OC)CN(C(=O)c1c(C)nc(C)nc1C)CC2. The predicted octanol–water partition coefficient (Wildman–Crippen LogP) is 2.62. The summed E-state index contributed by atoms with van der Waals surface area (Å²) in [6.07, 6.45) is 0.784. The van der Waals surface area contributed by atoms with E-state index in [-0.39, 0.29) is 5.91 Å². The van der Waals surface area contributed by atoms with Gasteiger partial charge >= 0.3 is 0 Å². The van der Waals surface area contributed by atoms with E-state index >= 15 is 0 Å². The standard InChI is InChI=1S/C19H23N3O3/c1-11-18(12(2)21-13(3)20-11)19(23)22-7-6-14-8-16(24-4)17(25-5)9-15(14)10-22/h8-9H,6-7,10H2,1-5H3. The summed E-state index contributed by atoms with van der Waals surface area (Å²) < 4.78 is 10.8. The van der Waals surface area contributed by atoms with Crippen LogP contribution in [0.4, 0.5) is 0 Å². The van der Waals surface area contributed by atoms with Crippen molar-refractivity contribution in [2.45, 2.75) is 33.7 Å². The minimum absolute atomic E-state index is 0.0181. The summed E-state index contributed by atoms with van der Waals surface area (Å²) >= 11 is 0. The molecule has 0 saturated heterocycles. The lowest BCUT2D eigenvalue weighted by Gasteiger charge is -2.30. The number of ether oxygens (including phenoxy) is 2. The third-order valence-corrected chi connectivity index (χ3v) is 4.60. The second-order valence-corrected chi connectivity index (χ2v) is 6.27. The molecule has 1 aromatic heterocycles. The van der Waals surface area contributed by atoms with Gasteiger partial charge in [-0.05, 0) is 50.5 Å². The van der Waals surface area contributed by atoms with E-state index in [9.17, 15) is 4.79 Å². The van der Waals surface area contributed by atoms with Gasteiger partial charge in [0.05, 0.1) is 31.2 Å². The van der Waals surface area contributed by atoms with E-state index in [2.05, 4.69) is 9.97 Å². The number of carbonyl (C=O) groups is 1. The molecule has 0 aliphatic carbocycles. The van der Waals surface area contributed by atoms with Gasteiger partial charge in [0, 0.05) is 13.1 Å². The minimum atomic E-state index is -0.0181. The van der Waals surface area contributed by atoms with E-state index in [1.54, 1.807) is 14.2 Å². The first-order chi connectivity index (χ1) is 11.9. The molecule has 25 heavy (non-hydrogen) atoms. The average molecular weight is 341 g/mol. The first kappa shape index (κ1) is 17.2. The Balaban J connectivity index is 1.91. The maximum absolute atomic E-state index is 13.0. The van der Waals surface area contributed by atoms with Crippen LogP contribution < -0.4 is 9.47 Å². The number of methoxy groups -OCH3 is 2. The molecule has 0 spiro atoms. The molecular weight excluding hydrogens is 318 g/mol. The van der Waals surface area contributed by atoms with Crippen molar-refractivity contribution in [3.63, 3.8) is 0 Å². The summed E-state index contributed by atoms with van der Waals surface area (Å²) in [5, 5.41) is 0. The quantitative estimate of drug-likeness (QED) is 0.859. The highest BCUT2D eigenvalue weighted by molar-refractivity contribution is 5.96. The molecule has 2 aromatic rings. The average Bonchev–Trinajstić information content (AvgIpc) is 2.58. The third kappa shape index (κ3) is 3.16. The molecule has 2 heterocycles. The van der Waals surface area contributed by atoms with Crippen molar-refractivity contribution >= 4 is 5.91 Å². The van der Waals surface area contributed by atoms with Gasteiger partial charge in [-0.1, -0.05) is 0 Å². The van der Waals surface area contributed by atoms with Gasteiger partial charge in [0.1, 0.15) is 5.82 Å². The molecule has 3 rings (SSSR count).